The third-order valence-corrected chi connectivity index (χ3v) is 8.46. The van der Waals surface area contributed by atoms with Crippen molar-refractivity contribution in [3.63, 3.8) is 0 Å². The molecule has 2 atom stereocenters. The van der Waals surface area contributed by atoms with Crippen molar-refractivity contribution in [2.45, 2.75) is 50.2 Å². The molecule has 9 heteroatoms. The number of carbonyl (C=O) groups is 1. The molecule has 1 amide bonds. The summed E-state index contributed by atoms with van der Waals surface area (Å²) in [5.41, 5.74) is 2.13. The van der Waals surface area contributed by atoms with Crippen molar-refractivity contribution in [1.82, 2.24) is 5.32 Å². The number of para-hydroxylation sites is 2. The minimum Gasteiger partial charge on any atom is -0.486 e. The quantitative estimate of drug-likeness (QED) is 0.525. The van der Waals surface area contributed by atoms with E-state index in [1.807, 2.05) is 43.3 Å². The lowest BCUT2D eigenvalue weighted by molar-refractivity contribution is -0.128. The maximum atomic E-state index is 13.8. The number of carbonyl (C=O) groups excluding carboxylic acids is 1. The first-order valence-electron chi connectivity index (χ1n) is 12.6. The Morgan fingerprint density at radius 1 is 0.974 bits per heavy atom. The molecule has 0 unspecified atom stereocenters. The van der Waals surface area contributed by atoms with Crippen LogP contribution in [0.2, 0.25) is 0 Å². The van der Waals surface area contributed by atoms with E-state index in [2.05, 4.69) is 26.1 Å². The van der Waals surface area contributed by atoms with Crippen molar-refractivity contribution in [1.29, 1.82) is 0 Å². The minimum atomic E-state index is -3.96. The second-order valence-corrected chi connectivity index (χ2v) is 12.5. The van der Waals surface area contributed by atoms with Gasteiger partial charge >= 0.3 is 0 Å². The summed E-state index contributed by atoms with van der Waals surface area (Å²) in [6.07, 6.45) is -1.42. The number of nitrogens with zero attached hydrogens (tertiary/aromatic N) is 1. The lowest BCUT2D eigenvalue weighted by atomic mass is 9.86. The lowest BCUT2D eigenvalue weighted by Gasteiger charge is -2.36. The van der Waals surface area contributed by atoms with E-state index in [0.717, 1.165) is 11.1 Å². The number of hydrogen-bond donors (Lipinski definition) is 1. The van der Waals surface area contributed by atoms with Gasteiger partial charge in [0.2, 0.25) is 0 Å². The molecular formula is C29H32N2O6S. The smallest absolute Gasteiger partial charge is 0.264 e. The van der Waals surface area contributed by atoms with Gasteiger partial charge < -0.3 is 19.5 Å². The highest BCUT2D eigenvalue weighted by Gasteiger charge is 2.38. The van der Waals surface area contributed by atoms with Crippen LogP contribution < -0.4 is 23.8 Å². The van der Waals surface area contributed by atoms with Crippen molar-refractivity contribution in [2.75, 3.05) is 24.0 Å². The van der Waals surface area contributed by atoms with Crippen LogP contribution in [0.4, 0.5) is 5.69 Å². The summed E-state index contributed by atoms with van der Waals surface area (Å²) in [7, 11) is -3.96. The Morgan fingerprint density at radius 2 is 1.68 bits per heavy atom. The largest absolute Gasteiger partial charge is 0.486 e. The van der Waals surface area contributed by atoms with Crippen molar-refractivity contribution in [3.05, 3.63) is 77.9 Å². The fourth-order valence-electron chi connectivity index (χ4n) is 4.41. The summed E-state index contributed by atoms with van der Waals surface area (Å²) in [5, 5.41) is 2.85. The Kier molecular flexibility index (Phi) is 6.73. The zero-order valence-electron chi connectivity index (χ0n) is 21.9. The van der Waals surface area contributed by atoms with Gasteiger partial charge in [0.15, 0.2) is 17.6 Å². The number of rotatable bonds is 5. The highest BCUT2D eigenvalue weighted by molar-refractivity contribution is 7.92. The number of hydrogen-bond acceptors (Lipinski definition) is 6. The summed E-state index contributed by atoms with van der Waals surface area (Å²) in [6, 6.07) is 19.5. The molecule has 3 aromatic carbocycles. The zero-order valence-corrected chi connectivity index (χ0v) is 22.7. The fourth-order valence-corrected chi connectivity index (χ4v) is 5.88. The molecule has 38 heavy (non-hydrogen) atoms. The molecule has 0 spiro atoms. The van der Waals surface area contributed by atoms with Gasteiger partial charge in [-0.3, -0.25) is 9.10 Å². The number of ether oxygens (including phenoxy) is 3. The van der Waals surface area contributed by atoms with Crippen LogP contribution in [-0.4, -0.2) is 46.2 Å². The third-order valence-electron chi connectivity index (χ3n) is 6.67. The van der Waals surface area contributed by atoms with Gasteiger partial charge in [-0.15, -0.1) is 0 Å². The molecule has 0 aromatic heterocycles. The molecule has 2 aliphatic heterocycles. The average Bonchev–Trinajstić information content (AvgIpc) is 2.90. The molecule has 0 saturated heterocycles. The van der Waals surface area contributed by atoms with E-state index < -0.39 is 22.0 Å². The normalized spacial score (nSPS) is 18.8. The maximum absolute atomic E-state index is 13.8. The number of nitrogens with one attached hydrogen (secondary N) is 1. The average molecular weight is 537 g/mol. The summed E-state index contributed by atoms with van der Waals surface area (Å²) >= 11 is 0. The van der Waals surface area contributed by atoms with Gasteiger partial charge in [-0.1, -0.05) is 56.7 Å². The van der Waals surface area contributed by atoms with Crippen LogP contribution in [0, 0.1) is 6.92 Å². The number of aryl methyl sites for hydroxylation is 1. The Labute approximate surface area is 223 Å². The number of sulfonamides is 1. The number of anilines is 1. The first kappa shape index (κ1) is 25.9. The van der Waals surface area contributed by atoms with Crippen LogP contribution in [0.3, 0.4) is 0 Å². The molecule has 0 bridgehead atoms. The zero-order chi connectivity index (χ0) is 27.1. The SMILES string of the molecule is Cc1ccc(S(=O)(=O)N2C[C@H](C(=O)NC[C@@H]3COc4ccccc4O3)Oc3ccc(C(C)(C)C)cc32)cc1. The number of fused-ring (bicyclic) bond motifs is 2. The molecule has 5 rings (SSSR count). The van der Waals surface area contributed by atoms with E-state index in [-0.39, 0.29) is 36.1 Å². The van der Waals surface area contributed by atoms with Gasteiger partial charge in [-0.05, 0) is 54.3 Å². The van der Waals surface area contributed by atoms with Crippen molar-refractivity contribution >= 4 is 21.6 Å². The van der Waals surface area contributed by atoms with Gasteiger partial charge in [0, 0.05) is 0 Å². The highest BCUT2D eigenvalue weighted by atomic mass is 32.2. The van der Waals surface area contributed by atoms with Crippen molar-refractivity contribution in [3.8, 4) is 17.2 Å². The molecular weight excluding hydrogens is 504 g/mol. The van der Waals surface area contributed by atoms with Crippen molar-refractivity contribution in [2.24, 2.45) is 0 Å². The summed E-state index contributed by atoms with van der Waals surface area (Å²) in [6.45, 7) is 8.39. The van der Waals surface area contributed by atoms with Crippen LogP contribution in [0.5, 0.6) is 17.2 Å². The maximum Gasteiger partial charge on any atom is 0.264 e. The fraction of sp³-hybridized carbons (Fsp3) is 0.345. The standard InChI is InChI=1S/C29H32N2O6S/c1-19-9-12-22(13-10-19)38(33,34)31-17-27(37-24-14-11-20(15-23(24)31)29(2,3)4)28(32)30-16-21-18-35-25-7-5-6-8-26(25)36-21/h5-15,21,27H,16-18H2,1-4H3,(H,30,32)/t21-,27-/m1/s1. The second kappa shape index (κ2) is 9.87. The van der Waals surface area contributed by atoms with Crippen LogP contribution >= 0.6 is 0 Å². The van der Waals surface area contributed by atoms with E-state index in [1.165, 1.54) is 4.31 Å². The first-order chi connectivity index (χ1) is 18.0. The van der Waals surface area contributed by atoms with Gasteiger partial charge in [0.25, 0.3) is 15.9 Å². The van der Waals surface area contributed by atoms with E-state index in [4.69, 9.17) is 14.2 Å². The number of amides is 1. The van der Waals surface area contributed by atoms with E-state index in [1.54, 1.807) is 30.3 Å². The highest BCUT2D eigenvalue weighted by Crippen LogP contribution is 2.40. The second-order valence-electron chi connectivity index (χ2n) is 10.6. The van der Waals surface area contributed by atoms with Gasteiger partial charge in [0.1, 0.15) is 18.5 Å². The topological polar surface area (TPSA) is 94.2 Å². The number of benzene rings is 3. The molecule has 2 aliphatic rings. The van der Waals surface area contributed by atoms with E-state index >= 15 is 0 Å². The lowest BCUT2D eigenvalue weighted by Crippen LogP contribution is -2.52. The molecule has 0 saturated carbocycles. The molecule has 2 heterocycles. The van der Waals surface area contributed by atoms with Gasteiger partial charge in [0.05, 0.1) is 23.7 Å². The molecule has 3 aromatic rings. The van der Waals surface area contributed by atoms with Gasteiger partial charge in [-0.25, -0.2) is 8.42 Å². The Balaban J connectivity index is 1.39. The molecule has 0 aliphatic carbocycles. The van der Waals surface area contributed by atoms with Crippen molar-refractivity contribution < 1.29 is 27.4 Å². The molecule has 1 N–H and O–H groups in total. The van der Waals surface area contributed by atoms with Crippen LogP contribution in [0.15, 0.2) is 71.6 Å². The Hall–Kier alpha value is -3.72. The Morgan fingerprint density at radius 3 is 2.39 bits per heavy atom. The monoisotopic (exact) mass is 536 g/mol. The van der Waals surface area contributed by atoms with Gasteiger partial charge in [-0.2, -0.15) is 0 Å². The molecule has 200 valence electrons. The summed E-state index contributed by atoms with van der Waals surface area (Å²) < 4.78 is 46.6. The van der Waals surface area contributed by atoms with Crippen LogP contribution in [0.25, 0.3) is 0 Å². The third kappa shape index (κ3) is 5.15. The molecule has 0 radical (unpaired) electrons. The van der Waals surface area contributed by atoms with Crippen LogP contribution in [0.1, 0.15) is 31.9 Å². The molecule has 0 fully saturated rings. The van der Waals surface area contributed by atoms with Crippen LogP contribution in [-0.2, 0) is 20.2 Å². The van der Waals surface area contributed by atoms with E-state index in [0.29, 0.717) is 22.9 Å². The summed E-state index contributed by atoms with van der Waals surface area (Å²) in [4.78, 5) is 13.4. The summed E-state index contributed by atoms with van der Waals surface area (Å²) in [5.74, 6) is 1.19. The first-order valence-corrected chi connectivity index (χ1v) is 14.0. The molecule has 8 nitrogen and oxygen atoms in total. The Bertz CT molecular complexity index is 1450. The van der Waals surface area contributed by atoms with E-state index in [9.17, 15) is 13.2 Å². The predicted octanol–water partition coefficient (Wildman–Crippen LogP) is 4.21. The predicted molar refractivity (Wildman–Crippen MR) is 145 cm³/mol. The minimum absolute atomic E-state index is 0.155.